The quantitative estimate of drug-likeness (QED) is 0.796. The molecule has 1 aromatic rings. The van der Waals surface area contributed by atoms with Gasteiger partial charge in [0.15, 0.2) is 6.29 Å². The Morgan fingerprint density at radius 2 is 2.47 bits per heavy atom. The van der Waals surface area contributed by atoms with Gasteiger partial charge in [-0.25, -0.2) is 4.79 Å². The van der Waals surface area contributed by atoms with Gasteiger partial charge in [0.25, 0.3) is 0 Å². The Bertz CT molecular complexity index is 464. The molecule has 6 nitrogen and oxygen atoms in total. The van der Waals surface area contributed by atoms with E-state index < -0.39 is 6.09 Å². The van der Waals surface area contributed by atoms with Crippen molar-refractivity contribution in [3.8, 4) is 0 Å². The van der Waals surface area contributed by atoms with E-state index >= 15 is 0 Å². The van der Waals surface area contributed by atoms with Gasteiger partial charge in [-0.15, -0.1) is 0 Å². The number of nitrogens with one attached hydrogen (secondary N) is 1. The van der Waals surface area contributed by atoms with Crippen molar-refractivity contribution in [2.75, 3.05) is 13.1 Å². The first-order valence-electron chi connectivity index (χ1n) is 6.29. The molecule has 1 aliphatic heterocycles. The maximum absolute atomic E-state index is 10.7. The van der Waals surface area contributed by atoms with Crippen LogP contribution in [0.25, 0.3) is 0 Å². The van der Waals surface area contributed by atoms with Crippen molar-refractivity contribution in [2.45, 2.75) is 25.4 Å². The van der Waals surface area contributed by atoms with E-state index in [-0.39, 0.29) is 6.04 Å². The summed E-state index contributed by atoms with van der Waals surface area (Å²) >= 11 is 0. The Balaban J connectivity index is 1.94. The number of carboxylic acid groups (broad SMARTS) is 1. The molecule has 0 radical (unpaired) electrons. The summed E-state index contributed by atoms with van der Waals surface area (Å²) in [6.07, 6.45) is 3.22. The van der Waals surface area contributed by atoms with E-state index in [1.54, 1.807) is 12.3 Å². The fourth-order valence-electron chi connectivity index (χ4n) is 2.41. The summed E-state index contributed by atoms with van der Waals surface area (Å²) in [5.74, 6) is 0. The van der Waals surface area contributed by atoms with Crippen LogP contribution in [0.3, 0.4) is 0 Å². The Hall–Kier alpha value is -1.95. The molecule has 1 saturated heterocycles. The minimum absolute atomic E-state index is 0.0152. The molecule has 0 aliphatic carbocycles. The SMILES string of the molecule is O=Cc1cc(CN2CCC[C@@H](NC(=O)O)C2)ccn1. The lowest BCUT2D eigenvalue weighted by Gasteiger charge is -2.32. The molecule has 1 aliphatic rings. The van der Waals surface area contributed by atoms with Gasteiger partial charge >= 0.3 is 6.09 Å². The first-order chi connectivity index (χ1) is 9.17. The van der Waals surface area contributed by atoms with Gasteiger partial charge in [0.1, 0.15) is 5.69 Å². The lowest BCUT2D eigenvalue weighted by atomic mass is 10.1. The molecule has 2 rings (SSSR count). The zero-order valence-electron chi connectivity index (χ0n) is 10.6. The van der Waals surface area contributed by atoms with Crippen molar-refractivity contribution < 1.29 is 14.7 Å². The molecule has 2 N–H and O–H groups in total. The summed E-state index contributed by atoms with van der Waals surface area (Å²) < 4.78 is 0. The second-order valence-corrected chi connectivity index (χ2v) is 4.73. The molecular weight excluding hydrogens is 246 g/mol. The Kier molecular flexibility index (Phi) is 4.46. The molecule has 102 valence electrons. The third-order valence-electron chi connectivity index (χ3n) is 3.21. The number of amides is 1. The maximum Gasteiger partial charge on any atom is 0.404 e. The monoisotopic (exact) mass is 263 g/mol. The molecule has 2 heterocycles. The number of aromatic nitrogens is 1. The predicted molar refractivity (Wildman–Crippen MR) is 69.1 cm³/mol. The van der Waals surface area contributed by atoms with Crippen LogP contribution in [0.1, 0.15) is 28.9 Å². The van der Waals surface area contributed by atoms with Gasteiger partial charge < -0.3 is 10.4 Å². The zero-order valence-corrected chi connectivity index (χ0v) is 10.6. The van der Waals surface area contributed by atoms with Crippen LogP contribution in [-0.2, 0) is 6.54 Å². The normalized spacial score (nSPS) is 19.9. The highest BCUT2D eigenvalue weighted by Gasteiger charge is 2.21. The standard InChI is InChI=1S/C13H17N3O3/c17-9-12-6-10(3-4-14-12)7-16-5-1-2-11(8-16)15-13(18)19/h3-4,6,9,11,15H,1-2,5,7-8H2,(H,18,19)/t11-/m1/s1. The average molecular weight is 263 g/mol. The smallest absolute Gasteiger partial charge is 0.404 e. The molecule has 0 bridgehead atoms. The number of hydrogen-bond acceptors (Lipinski definition) is 4. The van der Waals surface area contributed by atoms with E-state index in [9.17, 15) is 9.59 Å². The molecule has 0 unspecified atom stereocenters. The van der Waals surface area contributed by atoms with Crippen LogP contribution in [0.4, 0.5) is 4.79 Å². The summed E-state index contributed by atoms with van der Waals surface area (Å²) in [5, 5.41) is 11.3. The number of pyridine rings is 1. The van der Waals surface area contributed by atoms with Gasteiger partial charge in [-0.1, -0.05) is 0 Å². The molecule has 0 aromatic carbocycles. The molecular formula is C13H17N3O3. The van der Waals surface area contributed by atoms with Gasteiger partial charge in [0.2, 0.25) is 0 Å². The number of carbonyl (C=O) groups is 2. The first-order valence-corrected chi connectivity index (χ1v) is 6.29. The van der Waals surface area contributed by atoms with Crippen LogP contribution in [0.5, 0.6) is 0 Å². The summed E-state index contributed by atoms with van der Waals surface area (Å²) in [6, 6.07) is 3.63. The van der Waals surface area contributed by atoms with E-state index in [2.05, 4.69) is 15.2 Å². The number of aldehydes is 1. The minimum atomic E-state index is -0.973. The number of likely N-dealkylation sites (tertiary alicyclic amines) is 1. The van der Waals surface area contributed by atoms with E-state index in [4.69, 9.17) is 5.11 Å². The largest absolute Gasteiger partial charge is 0.465 e. The van der Waals surface area contributed by atoms with Crippen LogP contribution in [0, 0.1) is 0 Å². The zero-order chi connectivity index (χ0) is 13.7. The molecule has 19 heavy (non-hydrogen) atoms. The maximum atomic E-state index is 10.7. The fourth-order valence-corrected chi connectivity index (χ4v) is 2.41. The van der Waals surface area contributed by atoms with E-state index in [1.165, 1.54) is 0 Å². The van der Waals surface area contributed by atoms with Crippen molar-refractivity contribution in [1.82, 2.24) is 15.2 Å². The Labute approximate surface area is 111 Å². The molecule has 1 atom stereocenters. The van der Waals surface area contributed by atoms with Crippen LogP contribution in [-0.4, -0.2) is 46.5 Å². The average Bonchev–Trinajstić information content (AvgIpc) is 2.38. The number of nitrogens with zero attached hydrogens (tertiary/aromatic N) is 2. The van der Waals surface area contributed by atoms with Crippen molar-refractivity contribution in [3.05, 3.63) is 29.6 Å². The molecule has 0 spiro atoms. The lowest BCUT2D eigenvalue weighted by molar-refractivity contribution is 0.111. The van der Waals surface area contributed by atoms with Crippen LogP contribution in [0.15, 0.2) is 18.3 Å². The van der Waals surface area contributed by atoms with Crippen LogP contribution >= 0.6 is 0 Å². The van der Waals surface area contributed by atoms with Gasteiger partial charge in [0.05, 0.1) is 0 Å². The Morgan fingerprint density at radius 3 is 3.21 bits per heavy atom. The van der Waals surface area contributed by atoms with E-state index in [1.807, 2.05) is 6.07 Å². The molecule has 6 heteroatoms. The summed E-state index contributed by atoms with van der Waals surface area (Å²) in [6.45, 7) is 2.35. The third-order valence-corrected chi connectivity index (χ3v) is 3.21. The number of piperidine rings is 1. The Morgan fingerprint density at radius 1 is 1.63 bits per heavy atom. The van der Waals surface area contributed by atoms with Crippen molar-refractivity contribution in [3.63, 3.8) is 0 Å². The summed E-state index contributed by atoms with van der Waals surface area (Å²) in [7, 11) is 0. The second-order valence-electron chi connectivity index (χ2n) is 4.73. The van der Waals surface area contributed by atoms with Crippen molar-refractivity contribution >= 4 is 12.4 Å². The van der Waals surface area contributed by atoms with Crippen molar-refractivity contribution in [2.24, 2.45) is 0 Å². The van der Waals surface area contributed by atoms with Gasteiger partial charge in [-0.2, -0.15) is 0 Å². The fraction of sp³-hybridized carbons (Fsp3) is 0.462. The highest BCUT2D eigenvalue weighted by molar-refractivity contribution is 5.71. The molecule has 1 fully saturated rings. The second kappa shape index (κ2) is 6.29. The van der Waals surface area contributed by atoms with E-state index in [0.29, 0.717) is 18.8 Å². The van der Waals surface area contributed by atoms with E-state index in [0.717, 1.165) is 31.2 Å². The highest BCUT2D eigenvalue weighted by atomic mass is 16.4. The number of rotatable bonds is 4. The molecule has 1 amide bonds. The number of hydrogen-bond donors (Lipinski definition) is 2. The third kappa shape index (κ3) is 4.03. The van der Waals surface area contributed by atoms with Crippen molar-refractivity contribution in [1.29, 1.82) is 0 Å². The molecule has 1 aromatic heterocycles. The summed E-state index contributed by atoms with van der Waals surface area (Å²) in [5.41, 5.74) is 1.45. The number of carbonyl (C=O) groups excluding carboxylic acids is 1. The van der Waals surface area contributed by atoms with Crippen LogP contribution in [0.2, 0.25) is 0 Å². The van der Waals surface area contributed by atoms with Gasteiger partial charge in [0, 0.05) is 25.3 Å². The predicted octanol–water partition coefficient (Wildman–Crippen LogP) is 1.13. The first kappa shape index (κ1) is 13.5. The topological polar surface area (TPSA) is 82.5 Å². The highest BCUT2D eigenvalue weighted by Crippen LogP contribution is 2.13. The summed E-state index contributed by atoms with van der Waals surface area (Å²) in [4.78, 5) is 27.4. The van der Waals surface area contributed by atoms with Gasteiger partial charge in [-0.05, 0) is 37.1 Å². The van der Waals surface area contributed by atoms with Crippen LogP contribution < -0.4 is 5.32 Å². The van der Waals surface area contributed by atoms with Gasteiger partial charge in [-0.3, -0.25) is 14.7 Å². The minimum Gasteiger partial charge on any atom is -0.465 e. The lowest BCUT2D eigenvalue weighted by Crippen LogP contribution is -2.46. The molecule has 0 saturated carbocycles.